The van der Waals surface area contributed by atoms with E-state index < -0.39 is 16.1 Å². The van der Waals surface area contributed by atoms with E-state index in [0.29, 0.717) is 0 Å². The molecule has 16 rings (SSSR count). The van der Waals surface area contributed by atoms with Crippen LogP contribution in [-0.2, 0) is 4.66 Å². The standard InChI is InChI=1S/C79H64N4Si2/c1-84(2,3)79(85(4,5)6)77-62-45-40-58(80(54-25-11-7-12-26-54)60-42-47-74-70(51-60)64-34-21-23-37-72(64)82(74)56-29-15-9-16-30-56)49-53(62)39-44-68(77)76-66-36-20-19-33-63(66)69-50-59(41-46-67(69)78(76)79)81(55-27-13-8-14-28-55)61-43-48-75-71(52-61)65-35-22-24-38-73(65)83(75)57-31-17-10-18-32-57/h7-52H,1-6H3. The highest BCUT2D eigenvalue weighted by molar-refractivity contribution is 7.00. The van der Waals surface area contributed by atoms with E-state index in [1.165, 1.54) is 87.1 Å². The van der Waals surface area contributed by atoms with E-state index in [1.807, 2.05) is 0 Å². The van der Waals surface area contributed by atoms with Gasteiger partial charge >= 0.3 is 0 Å². The summed E-state index contributed by atoms with van der Waals surface area (Å²) in [5, 5.41) is 12.9. The van der Waals surface area contributed by atoms with Crippen LogP contribution in [0.2, 0.25) is 39.3 Å². The minimum atomic E-state index is -2.22. The number of hydrogen-bond donors (Lipinski definition) is 0. The lowest BCUT2D eigenvalue weighted by molar-refractivity contribution is 0.973. The number of fused-ring (bicyclic) bond motifs is 16. The largest absolute Gasteiger partial charge is 0.310 e. The molecule has 85 heavy (non-hydrogen) atoms. The van der Waals surface area contributed by atoms with Crippen molar-refractivity contribution in [2.75, 3.05) is 9.80 Å². The van der Waals surface area contributed by atoms with Crippen LogP contribution in [0.1, 0.15) is 11.1 Å². The average Bonchev–Trinajstić information content (AvgIpc) is 1.71. The molecule has 0 amide bonds. The summed E-state index contributed by atoms with van der Waals surface area (Å²) >= 11 is 0. The van der Waals surface area contributed by atoms with Gasteiger partial charge in [0.15, 0.2) is 0 Å². The maximum absolute atomic E-state index is 2.66. The van der Waals surface area contributed by atoms with E-state index in [2.05, 4.69) is 337 Å². The minimum absolute atomic E-state index is 0.163. The predicted molar refractivity (Wildman–Crippen MR) is 370 cm³/mol. The van der Waals surface area contributed by atoms with Gasteiger partial charge in [-0.2, -0.15) is 0 Å². The van der Waals surface area contributed by atoms with E-state index in [-0.39, 0.29) is 4.66 Å². The number of nitrogens with zero attached hydrogens (tertiary/aromatic N) is 4. The third kappa shape index (κ3) is 7.58. The molecule has 1 aliphatic carbocycles. The van der Waals surface area contributed by atoms with Gasteiger partial charge < -0.3 is 18.9 Å². The highest BCUT2D eigenvalue weighted by Crippen LogP contribution is 2.63. The van der Waals surface area contributed by atoms with Crippen molar-refractivity contribution in [3.05, 3.63) is 290 Å². The molecule has 0 fully saturated rings. The van der Waals surface area contributed by atoms with Crippen LogP contribution in [0.15, 0.2) is 279 Å². The average molecular weight is 1130 g/mol. The quantitative estimate of drug-likeness (QED) is 0.100. The van der Waals surface area contributed by atoms with Crippen molar-refractivity contribution in [2.24, 2.45) is 0 Å². The Balaban J connectivity index is 0.894. The van der Waals surface area contributed by atoms with Crippen molar-refractivity contribution in [1.82, 2.24) is 9.13 Å². The Hall–Kier alpha value is -9.73. The molecule has 0 saturated carbocycles. The Labute approximate surface area is 498 Å². The van der Waals surface area contributed by atoms with Gasteiger partial charge in [-0.3, -0.25) is 0 Å². The van der Waals surface area contributed by atoms with Crippen LogP contribution in [-0.4, -0.2) is 25.3 Å². The summed E-state index contributed by atoms with van der Waals surface area (Å²) < 4.78 is 4.64. The molecular formula is C79H64N4Si2. The molecule has 0 bridgehead atoms. The summed E-state index contributed by atoms with van der Waals surface area (Å²) in [6, 6.07) is 104. The van der Waals surface area contributed by atoms with Crippen molar-refractivity contribution < 1.29 is 0 Å². The molecule has 6 heteroatoms. The first-order valence-corrected chi connectivity index (χ1v) is 36.9. The Morgan fingerprint density at radius 3 is 1.15 bits per heavy atom. The van der Waals surface area contributed by atoms with Gasteiger partial charge in [0.1, 0.15) is 0 Å². The van der Waals surface area contributed by atoms with Crippen molar-refractivity contribution in [3.63, 3.8) is 0 Å². The fourth-order valence-electron chi connectivity index (χ4n) is 15.8. The summed E-state index contributed by atoms with van der Waals surface area (Å²) in [5.74, 6) is 0. The van der Waals surface area contributed by atoms with E-state index >= 15 is 0 Å². The van der Waals surface area contributed by atoms with Crippen LogP contribution in [0.25, 0.3) is 98.4 Å². The zero-order chi connectivity index (χ0) is 57.3. The summed E-state index contributed by atoms with van der Waals surface area (Å²) in [5.41, 5.74) is 19.8. The molecule has 0 unspecified atom stereocenters. The Bertz CT molecular complexity index is 5140. The van der Waals surface area contributed by atoms with Crippen LogP contribution >= 0.6 is 0 Å². The molecule has 2 aromatic heterocycles. The fraction of sp³-hybridized carbons (Fsp3) is 0.0886. The van der Waals surface area contributed by atoms with Crippen molar-refractivity contribution in [3.8, 4) is 22.5 Å². The van der Waals surface area contributed by atoms with E-state index in [1.54, 1.807) is 11.1 Å². The van der Waals surface area contributed by atoms with Crippen molar-refractivity contribution in [2.45, 2.75) is 43.9 Å². The second kappa shape index (κ2) is 19.2. The summed E-state index contributed by atoms with van der Waals surface area (Å²) in [7, 11) is -4.44. The summed E-state index contributed by atoms with van der Waals surface area (Å²) in [6.07, 6.45) is 0. The fourth-order valence-corrected chi connectivity index (χ4v) is 28.8. The molecular weight excluding hydrogens is 1060 g/mol. The lowest BCUT2D eigenvalue weighted by Gasteiger charge is -2.52. The molecule has 0 N–H and O–H groups in total. The molecule has 15 aromatic rings. The van der Waals surface area contributed by atoms with E-state index in [0.717, 1.165) is 45.5 Å². The first kappa shape index (κ1) is 51.0. The van der Waals surface area contributed by atoms with Crippen molar-refractivity contribution >= 4 is 126 Å². The molecule has 1 aliphatic rings. The number of para-hydroxylation sites is 6. The molecule has 0 saturated heterocycles. The number of anilines is 6. The summed E-state index contributed by atoms with van der Waals surface area (Å²) in [4.78, 5) is 4.93. The molecule has 408 valence electrons. The minimum Gasteiger partial charge on any atom is -0.310 e. The SMILES string of the molecule is C[Si](C)(C)C1([Si](C)(C)C)c2c(ccc3cc(N(c4ccccc4)c4ccc5c(c4)c4ccccc4n5-c4ccccc4)ccc23)-c2c1c1ccc(N(c3ccccc3)c3ccc4c(c3)c3ccccc3n4-c3ccccc3)cc1c1ccccc21. The van der Waals surface area contributed by atoms with Gasteiger partial charge in [0.25, 0.3) is 0 Å². The van der Waals surface area contributed by atoms with Crippen LogP contribution in [0.4, 0.5) is 34.1 Å². The third-order valence-electron chi connectivity index (χ3n) is 18.7. The van der Waals surface area contributed by atoms with Crippen LogP contribution in [0, 0.1) is 0 Å². The highest BCUT2D eigenvalue weighted by Gasteiger charge is 2.60. The zero-order valence-corrected chi connectivity index (χ0v) is 50.8. The zero-order valence-electron chi connectivity index (χ0n) is 48.8. The normalized spacial score (nSPS) is 13.2. The molecule has 2 heterocycles. The number of benzene rings is 13. The lowest BCUT2D eigenvalue weighted by atomic mass is 9.91. The van der Waals surface area contributed by atoms with Gasteiger partial charge in [-0.25, -0.2) is 0 Å². The topological polar surface area (TPSA) is 16.3 Å². The van der Waals surface area contributed by atoms with Gasteiger partial charge in [-0.15, -0.1) is 0 Å². The lowest BCUT2D eigenvalue weighted by Crippen LogP contribution is -2.63. The number of hydrogen-bond acceptors (Lipinski definition) is 2. The van der Waals surface area contributed by atoms with Crippen LogP contribution < -0.4 is 9.80 Å². The maximum Gasteiger partial charge on any atom is 0.0579 e. The van der Waals surface area contributed by atoms with Gasteiger partial charge in [0.05, 0.1) is 38.2 Å². The number of aromatic nitrogens is 2. The molecule has 0 spiro atoms. The smallest absolute Gasteiger partial charge is 0.0579 e. The van der Waals surface area contributed by atoms with Crippen LogP contribution in [0.3, 0.4) is 0 Å². The monoisotopic (exact) mass is 1120 g/mol. The van der Waals surface area contributed by atoms with Gasteiger partial charge in [-0.05, 0) is 176 Å². The Morgan fingerprint density at radius 2 is 0.659 bits per heavy atom. The summed E-state index contributed by atoms with van der Waals surface area (Å²) in [6.45, 7) is 16.0. The van der Waals surface area contributed by atoms with E-state index in [4.69, 9.17) is 0 Å². The second-order valence-electron chi connectivity index (χ2n) is 25.3. The second-order valence-corrected chi connectivity index (χ2v) is 36.3. The van der Waals surface area contributed by atoms with Crippen molar-refractivity contribution in [1.29, 1.82) is 0 Å². The molecule has 0 radical (unpaired) electrons. The molecule has 0 atom stereocenters. The molecule has 13 aromatic carbocycles. The van der Waals surface area contributed by atoms with Gasteiger partial charge in [-0.1, -0.05) is 197 Å². The van der Waals surface area contributed by atoms with Gasteiger partial charge in [0, 0.05) is 71.7 Å². The van der Waals surface area contributed by atoms with Gasteiger partial charge in [0.2, 0.25) is 0 Å². The maximum atomic E-state index is 2.66. The van der Waals surface area contributed by atoms with E-state index in [9.17, 15) is 0 Å². The first-order chi connectivity index (χ1) is 41.5. The molecule has 4 nitrogen and oxygen atoms in total. The Kier molecular flexibility index (Phi) is 11.5. The third-order valence-corrected chi connectivity index (χ3v) is 28.7. The first-order valence-electron chi connectivity index (χ1n) is 29.9. The molecule has 0 aliphatic heterocycles. The highest BCUT2D eigenvalue weighted by atomic mass is 28.4. The predicted octanol–water partition coefficient (Wildman–Crippen LogP) is 22.3. The van der Waals surface area contributed by atoms with Crippen LogP contribution in [0.5, 0.6) is 0 Å². The number of rotatable bonds is 10. The Morgan fingerprint density at radius 1 is 0.271 bits per heavy atom.